The fourth-order valence-electron chi connectivity index (χ4n) is 2.66. The summed E-state index contributed by atoms with van der Waals surface area (Å²) < 4.78 is 2.14. The van der Waals surface area contributed by atoms with Gasteiger partial charge in [0, 0.05) is 29.2 Å². The first-order valence-electron chi connectivity index (χ1n) is 6.84. The van der Waals surface area contributed by atoms with Gasteiger partial charge in [-0.3, -0.25) is 10.2 Å². The Labute approximate surface area is 123 Å². The number of benzene rings is 2. The lowest BCUT2D eigenvalue weighted by atomic mass is 10.1. The molecule has 0 bridgehead atoms. The van der Waals surface area contributed by atoms with Crippen LogP contribution in [0.25, 0.3) is 10.9 Å². The van der Waals surface area contributed by atoms with Crippen molar-refractivity contribution in [2.75, 3.05) is 0 Å². The number of carbonyl (C=O) groups is 1. The van der Waals surface area contributed by atoms with E-state index in [2.05, 4.69) is 41.3 Å². The van der Waals surface area contributed by atoms with Gasteiger partial charge in [0.2, 0.25) is 0 Å². The van der Waals surface area contributed by atoms with Gasteiger partial charge in [-0.1, -0.05) is 30.3 Å². The van der Waals surface area contributed by atoms with E-state index in [1.807, 2.05) is 24.3 Å². The second kappa shape index (κ2) is 5.42. The van der Waals surface area contributed by atoms with Gasteiger partial charge in [-0.25, -0.2) is 5.84 Å². The molecule has 0 aliphatic heterocycles. The van der Waals surface area contributed by atoms with Crippen LogP contribution in [0, 0.1) is 6.92 Å². The zero-order valence-electron chi connectivity index (χ0n) is 11.8. The van der Waals surface area contributed by atoms with Gasteiger partial charge in [0.05, 0.1) is 0 Å². The molecule has 3 rings (SSSR count). The summed E-state index contributed by atoms with van der Waals surface area (Å²) in [4.78, 5) is 11.8. The molecule has 21 heavy (non-hydrogen) atoms. The molecule has 2 aromatic carbocycles. The molecule has 1 heterocycles. The minimum absolute atomic E-state index is 0.266. The van der Waals surface area contributed by atoms with E-state index in [0.29, 0.717) is 12.1 Å². The maximum absolute atomic E-state index is 11.8. The first-order chi connectivity index (χ1) is 10.2. The summed E-state index contributed by atoms with van der Waals surface area (Å²) in [6.07, 6.45) is 2.05. The number of hydrogen-bond donors (Lipinski definition) is 2. The molecule has 1 amide bonds. The van der Waals surface area contributed by atoms with E-state index in [4.69, 9.17) is 5.84 Å². The topological polar surface area (TPSA) is 60.0 Å². The molecule has 0 spiro atoms. The van der Waals surface area contributed by atoms with Crippen LogP contribution in [-0.2, 0) is 6.54 Å². The highest BCUT2D eigenvalue weighted by Crippen LogP contribution is 2.21. The van der Waals surface area contributed by atoms with Crippen LogP contribution in [0.5, 0.6) is 0 Å². The molecule has 0 fully saturated rings. The smallest absolute Gasteiger partial charge is 0.265 e. The van der Waals surface area contributed by atoms with E-state index in [1.54, 1.807) is 6.07 Å². The fourth-order valence-corrected chi connectivity index (χ4v) is 2.66. The second-order valence-corrected chi connectivity index (χ2v) is 5.08. The Morgan fingerprint density at radius 3 is 2.76 bits per heavy atom. The molecule has 0 unspecified atom stereocenters. The van der Waals surface area contributed by atoms with Crippen molar-refractivity contribution in [2.24, 2.45) is 5.84 Å². The van der Waals surface area contributed by atoms with Crippen LogP contribution in [0.15, 0.2) is 54.7 Å². The summed E-state index contributed by atoms with van der Waals surface area (Å²) in [6, 6.07) is 15.9. The van der Waals surface area contributed by atoms with Crippen molar-refractivity contribution in [3.05, 3.63) is 71.4 Å². The molecular weight excluding hydrogens is 262 g/mol. The third-order valence-electron chi connectivity index (χ3n) is 3.77. The molecular formula is C17H17N3O. The van der Waals surface area contributed by atoms with Gasteiger partial charge >= 0.3 is 0 Å². The molecule has 0 radical (unpaired) electrons. The van der Waals surface area contributed by atoms with Crippen LogP contribution in [0.3, 0.4) is 0 Å². The first kappa shape index (κ1) is 13.4. The number of nitrogen functional groups attached to an aromatic ring is 1. The predicted molar refractivity (Wildman–Crippen MR) is 83.9 cm³/mol. The summed E-state index contributed by atoms with van der Waals surface area (Å²) in [7, 11) is 0. The van der Waals surface area contributed by atoms with E-state index >= 15 is 0 Å². The maximum atomic E-state index is 11.8. The van der Waals surface area contributed by atoms with E-state index in [-0.39, 0.29) is 5.91 Å². The Kier molecular flexibility index (Phi) is 3.46. The number of aromatic nitrogens is 1. The second-order valence-electron chi connectivity index (χ2n) is 5.08. The summed E-state index contributed by atoms with van der Waals surface area (Å²) in [5.41, 5.74) is 6.16. The number of carbonyl (C=O) groups excluding carboxylic acids is 1. The molecule has 0 aliphatic rings. The Morgan fingerprint density at radius 2 is 1.95 bits per heavy atom. The molecule has 0 atom stereocenters. The zero-order chi connectivity index (χ0) is 14.8. The van der Waals surface area contributed by atoms with Crippen molar-refractivity contribution in [3.8, 4) is 0 Å². The highest BCUT2D eigenvalue weighted by molar-refractivity contribution is 5.95. The lowest BCUT2D eigenvalue weighted by Crippen LogP contribution is -2.31. The van der Waals surface area contributed by atoms with Crippen LogP contribution in [0.2, 0.25) is 0 Å². The Balaban J connectivity index is 2.04. The van der Waals surface area contributed by atoms with Crippen molar-refractivity contribution >= 4 is 16.8 Å². The van der Waals surface area contributed by atoms with Crippen molar-refractivity contribution in [1.29, 1.82) is 0 Å². The Hall–Kier alpha value is -2.59. The van der Waals surface area contributed by atoms with Crippen molar-refractivity contribution in [1.82, 2.24) is 9.99 Å². The highest BCUT2D eigenvalue weighted by Gasteiger charge is 2.11. The number of nitrogens with two attached hydrogens (primary N) is 1. The molecule has 1 aromatic heterocycles. The number of rotatable bonds is 3. The lowest BCUT2D eigenvalue weighted by Gasteiger charge is -2.10. The molecule has 4 heteroatoms. The number of amides is 1. The van der Waals surface area contributed by atoms with E-state index in [9.17, 15) is 4.79 Å². The normalized spacial score (nSPS) is 10.8. The third kappa shape index (κ3) is 2.41. The van der Waals surface area contributed by atoms with E-state index in [0.717, 1.165) is 11.1 Å². The van der Waals surface area contributed by atoms with Gasteiger partial charge in [0.15, 0.2) is 0 Å². The molecule has 4 nitrogen and oxygen atoms in total. The monoisotopic (exact) mass is 279 g/mol. The highest BCUT2D eigenvalue weighted by atomic mass is 16.2. The van der Waals surface area contributed by atoms with E-state index in [1.165, 1.54) is 10.9 Å². The molecule has 0 saturated carbocycles. The van der Waals surface area contributed by atoms with Gasteiger partial charge < -0.3 is 4.57 Å². The van der Waals surface area contributed by atoms with Gasteiger partial charge in [-0.05, 0) is 36.2 Å². The Bertz CT molecular complexity index is 805. The summed E-state index contributed by atoms with van der Waals surface area (Å²) in [5, 5.41) is 1.23. The minimum Gasteiger partial charge on any atom is -0.343 e. The van der Waals surface area contributed by atoms with Crippen LogP contribution in [0.4, 0.5) is 0 Å². The predicted octanol–water partition coefficient (Wildman–Crippen LogP) is 2.60. The lowest BCUT2D eigenvalue weighted by molar-refractivity contribution is 0.0952. The zero-order valence-corrected chi connectivity index (χ0v) is 11.8. The first-order valence-corrected chi connectivity index (χ1v) is 6.84. The maximum Gasteiger partial charge on any atom is 0.265 e. The molecule has 3 N–H and O–H groups in total. The third-order valence-corrected chi connectivity index (χ3v) is 3.77. The molecule has 106 valence electrons. The van der Waals surface area contributed by atoms with Crippen molar-refractivity contribution in [2.45, 2.75) is 13.5 Å². The number of hydrazine groups is 1. The quantitative estimate of drug-likeness (QED) is 0.440. The Morgan fingerprint density at radius 1 is 1.14 bits per heavy atom. The van der Waals surface area contributed by atoms with Gasteiger partial charge in [-0.15, -0.1) is 0 Å². The van der Waals surface area contributed by atoms with Crippen molar-refractivity contribution < 1.29 is 4.79 Å². The standard InChI is InChI=1S/C17H17N3O/c1-12-5-4-8-16-14(12)9-10-20(16)11-13-6-2-3-7-15(13)17(21)19-18/h2-10H,11,18H2,1H3,(H,19,21). The number of nitrogens with zero attached hydrogens (tertiary/aromatic N) is 1. The van der Waals surface area contributed by atoms with E-state index < -0.39 is 0 Å². The van der Waals surface area contributed by atoms with Crippen molar-refractivity contribution in [3.63, 3.8) is 0 Å². The van der Waals surface area contributed by atoms with Crippen LogP contribution < -0.4 is 11.3 Å². The summed E-state index contributed by atoms with van der Waals surface area (Å²) in [6.45, 7) is 2.74. The molecule has 0 saturated heterocycles. The average molecular weight is 279 g/mol. The van der Waals surface area contributed by atoms with Crippen LogP contribution in [-0.4, -0.2) is 10.5 Å². The SMILES string of the molecule is Cc1cccc2c1ccn2Cc1ccccc1C(=O)NN. The van der Waals surface area contributed by atoms with Crippen LogP contribution in [0.1, 0.15) is 21.5 Å². The van der Waals surface area contributed by atoms with Crippen LogP contribution >= 0.6 is 0 Å². The van der Waals surface area contributed by atoms with Gasteiger partial charge in [0.25, 0.3) is 5.91 Å². The summed E-state index contributed by atoms with van der Waals surface area (Å²) >= 11 is 0. The molecule has 3 aromatic rings. The minimum atomic E-state index is -0.266. The fraction of sp³-hybridized carbons (Fsp3) is 0.118. The van der Waals surface area contributed by atoms with Gasteiger partial charge in [-0.2, -0.15) is 0 Å². The largest absolute Gasteiger partial charge is 0.343 e. The number of nitrogens with one attached hydrogen (secondary N) is 1. The number of fused-ring (bicyclic) bond motifs is 1. The number of hydrogen-bond acceptors (Lipinski definition) is 2. The summed E-state index contributed by atoms with van der Waals surface area (Å²) in [5.74, 6) is 4.98. The molecule has 0 aliphatic carbocycles. The van der Waals surface area contributed by atoms with Gasteiger partial charge in [0.1, 0.15) is 0 Å². The average Bonchev–Trinajstić information content (AvgIpc) is 2.92. The number of aryl methyl sites for hydroxylation is 1.